The average Bonchev–Trinajstić information content (AvgIpc) is 2.67. The number of aliphatic hydroxyl groups excluding tert-OH is 1. The summed E-state index contributed by atoms with van der Waals surface area (Å²) in [6.07, 6.45) is 3.47. The van der Waals surface area contributed by atoms with E-state index in [0.717, 1.165) is 35.3 Å². The third-order valence-electron chi connectivity index (χ3n) is 2.70. The van der Waals surface area contributed by atoms with Crippen LogP contribution in [0.1, 0.15) is 45.4 Å². The highest BCUT2D eigenvalue weighted by atomic mass is 79.9. The van der Waals surface area contributed by atoms with Gasteiger partial charge in [-0.05, 0) is 28.8 Å². The molecule has 0 bridgehead atoms. The van der Waals surface area contributed by atoms with E-state index in [9.17, 15) is 5.11 Å². The molecule has 1 rings (SSSR count). The number of hydrogen-bond acceptors (Lipinski definition) is 3. The van der Waals surface area contributed by atoms with Crippen molar-refractivity contribution in [2.45, 2.75) is 51.5 Å². The minimum absolute atomic E-state index is 0.447. The summed E-state index contributed by atoms with van der Waals surface area (Å²) >= 11 is 5.27. The maximum Gasteiger partial charge on any atom is 0.106 e. The van der Waals surface area contributed by atoms with Crippen LogP contribution >= 0.6 is 27.7 Å². The quantitative estimate of drug-likeness (QED) is 0.833. The second-order valence-electron chi connectivity index (χ2n) is 4.17. The highest BCUT2D eigenvalue weighted by Gasteiger charge is 2.18. The van der Waals surface area contributed by atoms with Gasteiger partial charge in [-0.1, -0.05) is 20.8 Å². The first kappa shape index (κ1) is 15.1. The lowest BCUT2D eigenvalue weighted by atomic mass is 10.3. The first-order chi connectivity index (χ1) is 8.10. The van der Waals surface area contributed by atoms with Gasteiger partial charge in [0.05, 0.1) is 16.4 Å². The SMILES string of the molecule is CCCn1ncc(Br)c1C(O)CSC(C)CC. The molecule has 1 aromatic rings. The summed E-state index contributed by atoms with van der Waals surface area (Å²) in [5.41, 5.74) is 0.905. The zero-order valence-electron chi connectivity index (χ0n) is 10.7. The molecule has 0 aliphatic carbocycles. The molecule has 2 unspecified atom stereocenters. The summed E-state index contributed by atoms with van der Waals surface area (Å²) in [4.78, 5) is 0. The van der Waals surface area contributed by atoms with Gasteiger partial charge in [-0.15, -0.1) is 0 Å². The molecule has 0 aromatic carbocycles. The lowest BCUT2D eigenvalue weighted by molar-refractivity contribution is 0.190. The molecular weight excluding hydrogens is 300 g/mol. The summed E-state index contributed by atoms with van der Waals surface area (Å²) in [6, 6.07) is 0. The van der Waals surface area contributed by atoms with Gasteiger partial charge in [-0.2, -0.15) is 16.9 Å². The van der Waals surface area contributed by atoms with Crippen LogP contribution in [-0.4, -0.2) is 25.9 Å². The van der Waals surface area contributed by atoms with E-state index in [0.29, 0.717) is 5.25 Å². The lowest BCUT2D eigenvalue weighted by Gasteiger charge is -2.15. The Labute approximate surface area is 116 Å². The van der Waals surface area contributed by atoms with Crippen LogP contribution < -0.4 is 0 Å². The standard InChI is InChI=1S/C12H21BrN2OS/c1-4-6-15-12(10(13)7-14-15)11(16)8-17-9(3)5-2/h7,9,11,16H,4-6,8H2,1-3H3. The third kappa shape index (κ3) is 4.30. The third-order valence-corrected chi connectivity index (χ3v) is 4.72. The number of rotatable bonds is 7. The van der Waals surface area contributed by atoms with Gasteiger partial charge in [0, 0.05) is 17.5 Å². The Morgan fingerprint density at radius 2 is 2.24 bits per heavy atom. The Bertz CT molecular complexity index is 343. The van der Waals surface area contributed by atoms with Gasteiger partial charge in [0.15, 0.2) is 0 Å². The zero-order valence-corrected chi connectivity index (χ0v) is 13.1. The van der Waals surface area contributed by atoms with Gasteiger partial charge < -0.3 is 5.11 Å². The molecule has 1 heterocycles. The van der Waals surface area contributed by atoms with E-state index in [2.05, 4.69) is 41.8 Å². The Balaban J connectivity index is 2.66. The number of aryl methyl sites for hydroxylation is 1. The summed E-state index contributed by atoms with van der Waals surface area (Å²) < 4.78 is 2.80. The second kappa shape index (κ2) is 7.44. The number of aromatic nitrogens is 2. The van der Waals surface area contributed by atoms with Gasteiger partial charge in [-0.25, -0.2) is 0 Å². The predicted molar refractivity (Wildman–Crippen MR) is 77.4 cm³/mol. The van der Waals surface area contributed by atoms with Crippen LogP contribution in [0.5, 0.6) is 0 Å². The average molecular weight is 321 g/mol. The van der Waals surface area contributed by atoms with Crippen LogP contribution in [0.2, 0.25) is 0 Å². The topological polar surface area (TPSA) is 38.0 Å². The number of aliphatic hydroxyl groups is 1. The van der Waals surface area contributed by atoms with E-state index in [1.807, 2.05) is 4.68 Å². The largest absolute Gasteiger partial charge is 0.386 e. The summed E-state index contributed by atoms with van der Waals surface area (Å²) in [7, 11) is 0. The van der Waals surface area contributed by atoms with Crippen molar-refractivity contribution in [3.63, 3.8) is 0 Å². The Kier molecular flexibility index (Phi) is 6.59. The van der Waals surface area contributed by atoms with Crippen molar-refractivity contribution >= 4 is 27.7 Å². The van der Waals surface area contributed by atoms with Crippen LogP contribution in [-0.2, 0) is 6.54 Å². The van der Waals surface area contributed by atoms with Crippen molar-refractivity contribution in [3.8, 4) is 0 Å². The van der Waals surface area contributed by atoms with Gasteiger partial charge in [0.25, 0.3) is 0 Å². The molecule has 0 spiro atoms. The van der Waals surface area contributed by atoms with Crippen LogP contribution in [0.3, 0.4) is 0 Å². The minimum atomic E-state index is -0.447. The molecule has 1 aromatic heterocycles. The van der Waals surface area contributed by atoms with Crippen molar-refractivity contribution in [2.24, 2.45) is 0 Å². The first-order valence-corrected chi connectivity index (χ1v) is 7.95. The van der Waals surface area contributed by atoms with Gasteiger partial charge in [-0.3, -0.25) is 4.68 Å². The fourth-order valence-corrected chi connectivity index (χ4v) is 3.01. The highest BCUT2D eigenvalue weighted by molar-refractivity contribution is 9.10. The molecule has 0 radical (unpaired) electrons. The fourth-order valence-electron chi connectivity index (χ4n) is 1.55. The fraction of sp³-hybridized carbons (Fsp3) is 0.750. The van der Waals surface area contributed by atoms with Crippen molar-refractivity contribution in [1.29, 1.82) is 0 Å². The highest BCUT2D eigenvalue weighted by Crippen LogP contribution is 2.28. The van der Waals surface area contributed by atoms with Crippen LogP contribution in [0, 0.1) is 0 Å². The Hall–Kier alpha value is -0.0000000000000000555. The molecule has 0 aliphatic rings. The molecule has 2 atom stereocenters. The first-order valence-electron chi connectivity index (χ1n) is 6.11. The van der Waals surface area contributed by atoms with Crippen LogP contribution in [0.15, 0.2) is 10.7 Å². The molecule has 3 nitrogen and oxygen atoms in total. The van der Waals surface area contributed by atoms with Crippen molar-refractivity contribution < 1.29 is 5.11 Å². The summed E-state index contributed by atoms with van der Waals surface area (Å²) in [6.45, 7) is 7.32. The molecule has 0 fully saturated rings. The molecule has 0 amide bonds. The van der Waals surface area contributed by atoms with E-state index in [1.165, 1.54) is 0 Å². The number of hydrogen-bond donors (Lipinski definition) is 1. The van der Waals surface area contributed by atoms with Crippen LogP contribution in [0.4, 0.5) is 0 Å². The Morgan fingerprint density at radius 3 is 2.82 bits per heavy atom. The molecule has 1 N–H and O–H groups in total. The maximum atomic E-state index is 10.2. The Morgan fingerprint density at radius 1 is 1.53 bits per heavy atom. The smallest absolute Gasteiger partial charge is 0.106 e. The van der Waals surface area contributed by atoms with Crippen molar-refractivity contribution in [2.75, 3.05) is 5.75 Å². The normalized spacial score (nSPS) is 14.9. The van der Waals surface area contributed by atoms with E-state index >= 15 is 0 Å². The zero-order chi connectivity index (χ0) is 12.8. The molecule has 0 saturated carbocycles. The van der Waals surface area contributed by atoms with Crippen molar-refractivity contribution in [3.05, 3.63) is 16.4 Å². The minimum Gasteiger partial charge on any atom is -0.386 e. The number of nitrogens with zero attached hydrogens (tertiary/aromatic N) is 2. The van der Waals surface area contributed by atoms with E-state index in [-0.39, 0.29) is 0 Å². The summed E-state index contributed by atoms with van der Waals surface area (Å²) in [5, 5.41) is 15.1. The predicted octanol–water partition coefficient (Wildman–Crippen LogP) is 3.62. The second-order valence-corrected chi connectivity index (χ2v) is 6.49. The molecular formula is C12H21BrN2OS. The van der Waals surface area contributed by atoms with Gasteiger partial charge in [0.1, 0.15) is 6.10 Å². The number of thioether (sulfide) groups is 1. The van der Waals surface area contributed by atoms with Gasteiger partial charge >= 0.3 is 0 Å². The molecule has 0 saturated heterocycles. The molecule has 5 heteroatoms. The molecule has 17 heavy (non-hydrogen) atoms. The monoisotopic (exact) mass is 320 g/mol. The summed E-state index contributed by atoms with van der Waals surface area (Å²) in [5.74, 6) is 0.725. The lowest BCUT2D eigenvalue weighted by Crippen LogP contribution is -2.12. The van der Waals surface area contributed by atoms with E-state index in [1.54, 1.807) is 18.0 Å². The van der Waals surface area contributed by atoms with E-state index < -0.39 is 6.10 Å². The van der Waals surface area contributed by atoms with E-state index in [4.69, 9.17) is 0 Å². The molecule has 98 valence electrons. The number of halogens is 1. The molecule has 0 aliphatic heterocycles. The maximum absolute atomic E-state index is 10.2. The van der Waals surface area contributed by atoms with Crippen molar-refractivity contribution in [1.82, 2.24) is 9.78 Å². The van der Waals surface area contributed by atoms with Crippen LogP contribution in [0.25, 0.3) is 0 Å². The van der Waals surface area contributed by atoms with Gasteiger partial charge in [0.2, 0.25) is 0 Å².